The lowest BCUT2D eigenvalue weighted by Gasteiger charge is -2.23. The lowest BCUT2D eigenvalue weighted by Crippen LogP contribution is -2.23. The Morgan fingerprint density at radius 2 is 2.12 bits per heavy atom. The van der Waals surface area contributed by atoms with Crippen LogP contribution in [-0.4, -0.2) is 17.1 Å². The molecule has 0 spiro atoms. The molecular weight excluding hydrogens is 347 g/mol. The lowest BCUT2D eigenvalue weighted by atomic mass is 9.98. The fourth-order valence-electron chi connectivity index (χ4n) is 3.07. The lowest BCUT2D eigenvalue weighted by molar-refractivity contribution is -0.138. The molecule has 0 amide bonds. The smallest absolute Gasteiger partial charge is 0.340 e. The summed E-state index contributed by atoms with van der Waals surface area (Å²) in [7, 11) is 0. The van der Waals surface area contributed by atoms with Crippen LogP contribution >= 0.6 is 23.2 Å². The number of nitrogens with two attached hydrogens (primary N) is 1. The van der Waals surface area contributed by atoms with Crippen LogP contribution in [0.15, 0.2) is 35.4 Å². The highest BCUT2D eigenvalue weighted by atomic mass is 35.5. The quantitative estimate of drug-likeness (QED) is 0.813. The van der Waals surface area contributed by atoms with Gasteiger partial charge in [0.1, 0.15) is 0 Å². The Bertz CT molecular complexity index is 894. The van der Waals surface area contributed by atoms with E-state index in [-0.39, 0.29) is 0 Å². The number of esters is 1. The average molecular weight is 365 g/mol. The monoisotopic (exact) mass is 364 g/mol. The zero-order chi connectivity index (χ0) is 17.4. The first kappa shape index (κ1) is 16.9. The molecule has 2 aromatic rings. The molecule has 0 aliphatic carbocycles. The second-order valence-electron chi connectivity index (χ2n) is 5.56. The van der Waals surface area contributed by atoms with Crippen molar-refractivity contribution in [3.63, 3.8) is 0 Å². The molecule has 2 heterocycles. The van der Waals surface area contributed by atoms with E-state index in [9.17, 15) is 4.79 Å². The molecule has 0 atom stereocenters. The predicted octanol–water partition coefficient (Wildman–Crippen LogP) is 4.53. The van der Waals surface area contributed by atoms with Gasteiger partial charge in [-0.3, -0.25) is 0 Å². The molecule has 1 aromatic carbocycles. The van der Waals surface area contributed by atoms with Crippen LogP contribution in [0.25, 0.3) is 16.6 Å². The summed E-state index contributed by atoms with van der Waals surface area (Å²) in [4.78, 5) is 12.4. The van der Waals surface area contributed by atoms with E-state index in [4.69, 9.17) is 33.7 Å². The van der Waals surface area contributed by atoms with E-state index in [1.54, 1.807) is 13.0 Å². The number of aromatic nitrogens is 1. The Kier molecular flexibility index (Phi) is 4.61. The fraction of sp³-hybridized carbons (Fsp3) is 0.278. The van der Waals surface area contributed by atoms with Crippen LogP contribution in [0.3, 0.4) is 0 Å². The maximum atomic E-state index is 12.4. The summed E-state index contributed by atoms with van der Waals surface area (Å²) in [6.07, 6.45) is 2.80. The van der Waals surface area contributed by atoms with Gasteiger partial charge in [-0.05, 0) is 37.1 Å². The van der Waals surface area contributed by atoms with E-state index < -0.39 is 5.97 Å². The minimum absolute atomic E-state index is 0.305. The normalized spacial score (nSPS) is 15.9. The van der Waals surface area contributed by atoms with Crippen molar-refractivity contribution < 1.29 is 9.53 Å². The van der Waals surface area contributed by atoms with Crippen molar-refractivity contribution in [1.82, 2.24) is 4.57 Å². The van der Waals surface area contributed by atoms with Gasteiger partial charge < -0.3 is 15.0 Å². The van der Waals surface area contributed by atoms with Gasteiger partial charge >= 0.3 is 5.97 Å². The maximum absolute atomic E-state index is 12.4. The van der Waals surface area contributed by atoms with E-state index in [1.807, 2.05) is 25.1 Å². The van der Waals surface area contributed by atoms with Crippen molar-refractivity contribution >= 4 is 45.8 Å². The highest BCUT2D eigenvalue weighted by Gasteiger charge is 2.28. The van der Waals surface area contributed by atoms with Crippen LogP contribution in [0, 0.1) is 0 Å². The van der Waals surface area contributed by atoms with Gasteiger partial charge in [-0.25, -0.2) is 4.79 Å². The second kappa shape index (κ2) is 6.54. The summed E-state index contributed by atoms with van der Waals surface area (Å²) >= 11 is 12.4. The molecule has 1 aromatic heterocycles. The number of carbonyl (C=O) groups excluding carboxylic acids is 1. The molecule has 0 radical (unpaired) electrons. The number of carbonyl (C=O) groups is 1. The third-order valence-electron chi connectivity index (χ3n) is 4.10. The van der Waals surface area contributed by atoms with E-state index >= 15 is 0 Å². The number of benzene rings is 1. The molecule has 1 aliphatic rings. The van der Waals surface area contributed by atoms with Crippen molar-refractivity contribution in [3.8, 4) is 0 Å². The molecule has 0 fully saturated rings. The van der Waals surface area contributed by atoms with Gasteiger partial charge in [0.2, 0.25) is 0 Å². The summed E-state index contributed by atoms with van der Waals surface area (Å²) in [5.74, 6) is -0.393. The first-order chi connectivity index (χ1) is 11.5. The summed E-state index contributed by atoms with van der Waals surface area (Å²) in [5.41, 5.74) is 9.74. The molecule has 6 heteroatoms. The molecule has 1 aliphatic heterocycles. The third-order valence-corrected chi connectivity index (χ3v) is 4.92. The van der Waals surface area contributed by atoms with E-state index in [1.165, 1.54) is 0 Å². The summed E-state index contributed by atoms with van der Waals surface area (Å²) in [6.45, 7) is 4.64. The number of hydrogen-bond acceptors (Lipinski definition) is 3. The largest absolute Gasteiger partial charge is 0.462 e. The molecule has 0 saturated heterocycles. The van der Waals surface area contributed by atoms with Gasteiger partial charge in [-0.1, -0.05) is 36.2 Å². The summed E-state index contributed by atoms with van der Waals surface area (Å²) in [5, 5.41) is 1.80. The van der Waals surface area contributed by atoms with Crippen molar-refractivity contribution in [1.29, 1.82) is 0 Å². The summed E-state index contributed by atoms with van der Waals surface area (Å²) in [6, 6.07) is 5.56. The number of allylic oxidation sites excluding steroid dienone is 1. The predicted molar refractivity (Wildman–Crippen MR) is 98.1 cm³/mol. The second-order valence-corrected chi connectivity index (χ2v) is 6.34. The highest BCUT2D eigenvalue weighted by Crippen LogP contribution is 2.38. The topological polar surface area (TPSA) is 57.2 Å². The SMILES string of the molecule is CC/C=C1/Cn2c(cc3c(Cl)c(Cl)ccc32)C(N)=C1C(=O)OCC. The van der Waals surface area contributed by atoms with Crippen molar-refractivity contribution in [3.05, 3.63) is 51.2 Å². The molecule has 4 nitrogen and oxygen atoms in total. The first-order valence-corrected chi connectivity index (χ1v) is 8.59. The number of hydrogen-bond donors (Lipinski definition) is 1. The van der Waals surface area contributed by atoms with Gasteiger partial charge in [0.05, 0.1) is 39.1 Å². The van der Waals surface area contributed by atoms with Crippen molar-refractivity contribution in [2.24, 2.45) is 5.73 Å². The zero-order valence-electron chi connectivity index (χ0n) is 13.5. The maximum Gasteiger partial charge on any atom is 0.340 e. The van der Waals surface area contributed by atoms with Crippen LogP contribution in [-0.2, 0) is 16.1 Å². The zero-order valence-corrected chi connectivity index (χ0v) is 15.0. The number of halogens is 2. The van der Waals surface area contributed by atoms with Gasteiger partial charge in [0.25, 0.3) is 0 Å². The molecule has 0 unspecified atom stereocenters. The minimum atomic E-state index is -0.393. The van der Waals surface area contributed by atoms with E-state index in [0.29, 0.717) is 34.5 Å². The molecule has 2 N–H and O–H groups in total. The van der Waals surface area contributed by atoms with Gasteiger partial charge in [-0.15, -0.1) is 0 Å². The molecule has 0 saturated carbocycles. The number of fused-ring (bicyclic) bond motifs is 3. The number of nitrogens with zero attached hydrogens (tertiary/aromatic N) is 1. The standard InChI is InChI=1S/C18H18Cl2N2O2/c1-3-5-10-9-22-13-7-6-12(19)16(20)11(13)8-14(22)17(21)15(10)18(23)24-4-2/h5-8H,3-4,9,21H2,1-2H3/b10-5-. The Morgan fingerprint density at radius 3 is 2.79 bits per heavy atom. The molecule has 24 heavy (non-hydrogen) atoms. The molecular formula is C18H18Cl2N2O2. The van der Waals surface area contributed by atoms with Gasteiger partial charge in [0, 0.05) is 11.9 Å². The first-order valence-electron chi connectivity index (χ1n) is 7.83. The van der Waals surface area contributed by atoms with Crippen LogP contribution in [0.1, 0.15) is 26.0 Å². The Balaban J connectivity index is 2.28. The molecule has 0 bridgehead atoms. The number of rotatable bonds is 3. The van der Waals surface area contributed by atoms with Crippen molar-refractivity contribution in [2.75, 3.05) is 6.61 Å². The van der Waals surface area contributed by atoms with Crippen LogP contribution in [0.2, 0.25) is 10.0 Å². The van der Waals surface area contributed by atoms with Crippen LogP contribution in [0.4, 0.5) is 0 Å². The number of ether oxygens (including phenoxy) is 1. The highest BCUT2D eigenvalue weighted by molar-refractivity contribution is 6.45. The van der Waals surface area contributed by atoms with E-state index in [0.717, 1.165) is 28.6 Å². The molecule has 3 rings (SSSR count). The average Bonchev–Trinajstić information content (AvgIpc) is 2.91. The van der Waals surface area contributed by atoms with Crippen LogP contribution in [0.5, 0.6) is 0 Å². The third kappa shape index (κ3) is 2.60. The Hall–Kier alpha value is -1.91. The molecule has 126 valence electrons. The minimum Gasteiger partial charge on any atom is -0.462 e. The van der Waals surface area contributed by atoms with E-state index in [2.05, 4.69) is 4.57 Å². The fourth-order valence-corrected chi connectivity index (χ4v) is 3.45. The van der Waals surface area contributed by atoms with Crippen molar-refractivity contribution in [2.45, 2.75) is 26.8 Å². The summed E-state index contributed by atoms with van der Waals surface area (Å²) < 4.78 is 7.24. The Labute approximate surface area is 150 Å². The van der Waals surface area contributed by atoms with Gasteiger partial charge in [0.15, 0.2) is 0 Å². The van der Waals surface area contributed by atoms with Gasteiger partial charge in [-0.2, -0.15) is 0 Å². The Morgan fingerprint density at radius 1 is 1.38 bits per heavy atom. The van der Waals surface area contributed by atoms with Crippen LogP contribution < -0.4 is 5.73 Å².